The molecule has 108 valence electrons. The lowest BCUT2D eigenvalue weighted by molar-refractivity contribution is -0.141. The van der Waals surface area contributed by atoms with Gasteiger partial charge in [-0.05, 0) is 17.7 Å². The van der Waals surface area contributed by atoms with Gasteiger partial charge in [0.15, 0.2) is 0 Å². The topological polar surface area (TPSA) is 40.6 Å². The quantitative estimate of drug-likeness (QED) is 0.855. The summed E-state index contributed by atoms with van der Waals surface area (Å²) in [6.07, 6.45) is 0.301. The van der Waals surface area contributed by atoms with Crippen molar-refractivity contribution in [2.45, 2.75) is 12.5 Å². The maximum Gasteiger partial charge on any atom is 0.245 e. The van der Waals surface area contributed by atoms with Crippen molar-refractivity contribution < 1.29 is 9.59 Å². The Morgan fingerprint density at radius 3 is 2.60 bits per heavy atom. The van der Waals surface area contributed by atoms with Crippen molar-refractivity contribution >= 4 is 35.2 Å². The molecule has 2 amide bonds. The highest BCUT2D eigenvalue weighted by molar-refractivity contribution is 7.99. The molecular weight excluding hydrogens is 296 g/mol. The highest BCUT2D eigenvalue weighted by Crippen LogP contribution is 2.23. The molecule has 0 spiro atoms. The van der Waals surface area contributed by atoms with E-state index >= 15 is 0 Å². The minimum atomic E-state index is -0.338. The molecule has 0 aliphatic carbocycles. The molecule has 1 aliphatic rings. The van der Waals surface area contributed by atoms with E-state index < -0.39 is 0 Å². The molecule has 6 heteroatoms. The van der Waals surface area contributed by atoms with Crippen molar-refractivity contribution in [1.82, 2.24) is 9.80 Å². The third-order valence-electron chi connectivity index (χ3n) is 3.20. The highest BCUT2D eigenvalue weighted by Gasteiger charge is 2.35. The Labute approximate surface area is 128 Å². The van der Waals surface area contributed by atoms with E-state index in [0.717, 1.165) is 5.56 Å². The molecule has 4 nitrogen and oxygen atoms in total. The number of carbonyl (C=O) groups excluding carboxylic acids is 2. The molecule has 1 aliphatic heterocycles. The summed E-state index contributed by atoms with van der Waals surface area (Å²) < 4.78 is 0. The van der Waals surface area contributed by atoms with Gasteiger partial charge in [-0.2, -0.15) is 0 Å². The molecule has 0 saturated carbocycles. The van der Waals surface area contributed by atoms with Crippen LogP contribution in [0.5, 0.6) is 0 Å². The van der Waals surface area contributed by atoms with Crippen LogP contribution in [0.3, 0.4) is 0 Å². The predicted octanol–water partition coefficient (Wildman–Crippen LogP) is 1.87. The van der Waals surface area contributed by atoms with E-state index in [-0.39, 0.29) is 17.9 Å². The Balaban J connectivity index is 2.04. The summed E-state index contributed by atoms with van der Waals surface area (Å²) >= 11 is 7.44. The van der Waals surface area contributed by atoms with Crippen LogP contribution in [0.1, 0.15) is 5.56 Å². The second-order valence-electron chi connectivity index (χ2n) is 4.92. The van der Waals surface area contributed by atoms with Crippen LogP contribution in [0.25, 0.3) is 0 Å². The number of halogens is 1. The molecule has 20 heavy (non-hydrogen) atoms. The van der Waals surface area contributed by atoms with Crippen LogP contribution >= 0.6 is 23.4 Å². The average molecular weight is 313 g/mol. The predicted molar refractivity (Wildman–Crippen MR) is 81.8 cm³/mol. The summed E-state index contributed by atoms with van der Waals surface area (Å²) in [6.45, 7) is 0. The van der Waals surface area contributed by atoms with Gasteiger partial charge in [0.05, 0.1) is 12.3 Å². The fraction of sp³-hybridized carbons (Fsp3) is 0.429. The van der Waals surface area contributed by atoms with E-state index in [2.05, 4.69) is 0 Å². The van der Waals surface area contributed by atoms with Gasteiger partial charge < -0.3 is 9.80 Å². The summed E-state index contributed by atoms with van der Waals surface area (Å²) in [4.78, 5) is 27.6. The van der Waals surface area contributed by atoms with Crippen LogP contribution in [0.4, 0.5) is 0 Å². The number of amides is 2. The van der Waals surface area contributed by atoms with E-state index in [1.807, 2.05) is 12.1 Å². The molecule has 0 radical (unpaired) electrons. The summed E-state index contributed by atoms with van der Waals surface area (Å²) in [5.74, 6) is 1.22. The van der Waals surface area contributed by atoms with Gasteiger partial charge in [-0.25, -0.2) is 0 Å². The monoisotopic (exact) mass is 312 g/mol. The van der Waals surface area contributed by atoms with Gasteiger partial charge in [0.2, 0.25) is 11.8 Å². The van der Waals surface area contributed by atoms with E-state index in [9.17, 15) is 9.59 Å². The minimum Gasteiger partial charge on any atom is -0.347 e. The van der Waals surface area contributed by atoms with Crippen LogP contribution in [0.15, 0.2) is 24.3 Å². The van der Waals surface area contributed by atoms with Crippen molar-refractivity contribution in [3.8, 4) is 0 Å². The lowest BCUT2D eigenvalue weighted by atomic mass is 10.1. The zero-order valence-corrected chi connectivity index (χ0v) is 13.1. The van der Waals surface area contributed by atoms with E-state index in [4.69, 9.17) is 11.6 Å². The molecule has 2 rings (SSSR count). The van der Waals surface area contributed by atoms with E-state index in [1.54, 1.807) is 47.8 Å². The van der Waals surface area contributed by atoms with Gasteiger partial charge in [-0.15, -0.1) is 11.8 Å². The lowest BCUT2D eigenvalue weighted by Crippen LogP contribution is -2.47. The maximum absolute atomic E-state index is 12.3. The molecule has 0 unspecified atom stereocenters. The largest absolute Gasteiger partial charge is 0.347 e. The minimum absolute atomic E-state index is 0.0144. The standard InChI is InChI=1S/C14H17ClN2O2S/c1-16(2)14(19)12-8-20-9-17(12)13(18)7-10-3-5-11(15)6-4-10/h3-6,12H,7-9H2,1-2H3/t12-/m0/s1. The van der Waals surface area contributed by atoms with Gasteiger partial charge in [-0.1, -0.05) is 23.7 Å². The lowest BCUT2D eigenvalue weighted by Gasteiger charge is -2.25. The Kier molecular flexibility index (Phi) is 4.94. The summed E-state index contributed by atoms with van der Waals surface area (Å²) in [5, 5.41) is 0.651. The number of benzene rings is 1. The molecule has 0 aromatic heterocycles. The fourth-order valence-electron chi connectivity index (χ4n) is 2.07. The molecule has 1 aromatic rings. The molecule has 0 bridgehead atoms. The van der Waals surface area contributed by atoms with Crippen molar-refractivity contribution in [1.29, 1.82) is 0 Å². The number of hydrogen-bond donors (Lipinski definition) is 0. The third-order valence-corrected chi connectivity index (χ3v) is 4.46. The number of hydrogen-bond acceptors (Lipinski definition) is 3. The number of thioether (sulfide) groups is 1. The number of nitrogens with zero attached hydrogens (tertiary/aromatic N) is 2. The van der Waals surface area contributed by atoms with Crippen molar-refractivity contribution in [3.05, 3.63) is 34.9 Å². The summed E-state index contributed by atoms with van der Waals surface area (Å²) in [5.41, 5.74) is 0.910. The molecule has 1 heterocycles. The van der Waals surface area contributed by atoms with E-state index in [1.165, 1.54) is 0 Å². The zero-order valence-electron chi connectivity index (χ0n) is 11.5. The zero-order chi connectivity index (χ0) is 14.7. The van der Waals surface area contributed by atoms with Gasteiger partial charge in [0.25, 0.3) is 0 Å². The van der Waals surface area contributed by atoms with Crippen molar-refractivity contribution in [2.75, 3.05) is 25.7 Å². The smallest absolute Gasteiger partial charge is 0.245 e. The SMILES string of the molecule is CN(C)C(=O)[C@@H]1CSCN1C(=O)Cc1ccc(Cl)cc1. The number of likely N-dealkylation sites (N-methyl/N-ethyl adjacent to an activating group) is 1. The summed E-state index contributed by atoms with van der Waals surface area (Å²) in [6, 6.07) is 6.88. The van der Waals surface area contributed by atoms with Crippen molar-refractivity contribution in [2.24, 2.45) is 0 Å². The Bertz CT molecular complexity index is 504. The first kappa shape index (κ1) is 15.2. The van der Waals surface area contributed by atoms with Gasteiger partial charge in [0.1, 0.15) is 6.04 Å². The van der Waals surface area contributed by atoms with Crippen LogP contribution in [-0.4, -0.2) is 53.4 Å². The first-order valence-electron chi connectivity index (χ1n) is 6.32. The molecular formula is C14H17ClN2O2S. The second kappa shape index (κ2) is 6.50. The molecule has 1 saturated heterocycles. The molecule has 0 N–H and O–H groups in total. The average Bonchev–Trinajstić information content (AvgIpc) is 2.89. The Morgan fingerprint density at radius 1 is 1.35 bits per heavy atom. The molecule has 1 aromatic carbocycles. The van der Waals surface area contributed by atoms with Gasteiger partial charge in [0, 0.05) is 24.9 Å². The van der Waals surface area contributed by atoms with E-state index in [0.29, 0.717) is 23.1 Å². The third kappa shape index (κ3) is 3.46. The van der Waals surface area contributed by atoms with Crippen LogP contribution < -0.4 is 0 Å². The summed E-state index contributed by atoms with van der Waals surface area (Å²) in [7, 11) is 3.43. The number of carbonyl (C=O) groups is 2. The fourth-order valence-corrected chi connectivity index (χ4v) is 3.37. The van der Waals surface area contributed by atoms with Crippen LogP contribution in [-0.2, 0) is 16.0 Å². The van der Waals surface area contributed by atoms with Crippen LogP contribution in [0.2, 0.25) is 5.02 Å². The van der Waals surface area contributed by atoms with Crippen LogP contribution in [0, 0.1) is 0 Å². The first-order valence-corrected chi connectivity index (χ1v) is 7.85. The maximum atomic E-state index is 12.3. The molecule has 1 fully saturated rings. The highest BCUT2D eigenvalue weighted by atomic mass is 35.5. The second-order valence-corrected chi connectivity index (χ2v) is 6.35. The van der Waals surface area contributed by atoms with Crippen molar-refractivity contribution in [3.63, 3.8) is 0 Å². The Morgan fingerprint density at radius 2 is 2.00 bits per heavy atom. The number of rotatable bonds is 3. The van der Waals surface area contributed by atoms with Gasteiger partial charge in [-0.3, -0.25) is 9.59 Å². The Hall–Kier alpha value is -1.20. The van der Waals surface area contributed by atoms with Gasteiger partial charge >= 0.3 is 0 Å². The molecule has 1 atom stereocenters. The first-order chi connectivity index (χ1) is 9.49. The normalized spacial score (nSPS) is 18.1.